The van der Waals surface area contributed by atoms with E-state index in [1.807, 2.05) is 0 Å². The molecule has 0 spiro atoms. The first-order valence-electron chi connectivity index (χ1n) is 7.20. The van der Waals surface area contributed by atoms with Gasteiger partial charge < -0.3 is 10.6 Å². The van der Waals surface area contributed by atoms with E-state index in [0.29, 0.717) is 0 Å². The maximum Gasteiger partial charge on any atom is 0.0426 e. The van der Waals surface area contributed by atoms with Crippen molar-refractivity contribution in [2.45, 2.75) is 51.1 Å². The number of nitrogens with zero attached hydrogens (tertiary/aromatic N) is 1. The zero-order chi connectivity index (χ0) is 13.0. The number of rotatable bonds is 4. The lowest BCUT2D eigenvalue weighted by atomic mass is 9.93. The van der Waals surface area contributed by atoms with Crippen LogP contribution in [0.1, 0.15) is 49.3 Å². The molecule has 2 N–H and O–H groups in total. The summed E-state index contributed by atoms with van der Waals surface area (Å²) in [7, 11) is 2.23. The van der Waals surface area contributed by atoms with Crippen LogP contribution in [0.2, 0.25) is 0 Å². The molecule has 1 aromatic rings. The molecule has 1 aromatic carbocycles. The van der Waals surface area contributed by atoms with Crippen molar-refractivity contribution in [1.29, 1.82) is 0 Å². The zero-order valence-corrected chi connectivity index (χ0v) is 11.7. The molecule has 0 radical (unpaired) electrons. The van der Waals surface area contributed by atoms with Crippen molar-refractivity contribution in [3.8, 4) is 0 Å². The molecule has 1 saturated carbocycles. The molecule has 1 aliphatic rings. The standard InChI is InChI=1S/C16H26N2/c1-13-8-6-7-11-15(13)16(17)12-18(2)14-9-4-3-5-10-14/h6-8,11,14,16H,3-5,9-10,12,17H2,1-2H3. The fraction of sp³-hybridized carbons (Fsp3) is 0.625. The largest absolute Gasteiger partial charge is 0.323 e. The number of aryl methyl sites for hydroxylation is 1. The topological polar surface area (TPSA) is 29.3 Å². The van der Waals surface area contributed by atoms with Crippen LogP contribution < -0.4 is 5.73 Å². The Bertz CT molecular complexity index is 369. The molecule has 0 bridgehead atoms. The van der Waals surface area contributed by atoms with Crippen LogP contribution in [0.15, 0.2) is 24.3 Å². The highest BCUT2D eigenvalue weighted by Gasteiger charge is 2.20. The van der Waals surface area contributed by atoms with Crippen LogP contribution in [0.4, 0.5) is 0 Å². The Morgan fingerprint density at radius 2 is 1.89 bits per heavy atom. The number of likely N-dealkylation sites (N-methyl/N-ethyl adjacent to an activating group) is 1. The minimum absolute atomic E-state index is 0.137. The predicted octanol–water partition coefficient (Wildman–Crippen LogP) is 3.26. The van der Waals surface area contributed by atoms with E-state index in [2.05, 4.69) is 43.1 Å². The predicted molar refractivity (Wildman–Crippen MR) is 77.6 cm³/mol. The van der Waals surface area contributed by atoms with Crippen LogP contribution in [0.3, 0.4) is 0 Å². The third-order valence-corrected chi connectivity index (χ3v) is 4.27. The third kappa shape index (κ3) is 3.33. The van der Waals surface area contributed by atoms with E-state index >= 15 is 0 Å². The molecule has 0 saturated heterocycles. The molecule has 1 unspecified atom stereocenters. The summed E-state index contributed by atoms with van der Waals surface area (Å²) in [5.41, 5.74) is 8.96. The SMILES string of the molecule is Cc1ccccc1C(N)CN(C)C1CCCCC1. The molecule has 1 aliphatic carbocycles. The Kier molecular flexibility index (Phi) is 4.79. The summed E-state index contributed by atoms with van der Waals surface area (Å²) in [4.78, 5) is 2.47. The monoisotopic (exact) mass is 246 g/mol. The summed E-state index contributed by atoms with van der Waals surface area (Å²) in [5, 5.41) is 0. The smallest absolute Gasteiger partial charge is 0.0426 e. The third-order valence-electron chi connectivity index (χ3n) is 4.27. The van der Waals surface area contributed by atoms with E-state index in [4.69, 9.17) is 5.73 Å². The normalized spacial score (nSPS) is 19.1. The minimum Gasteiger partial charge on any atom is -0.323 e. The van der Waals surface area contributed by atoms with Crippen LogP contribution in [0.25, 0.3) is 0 Å². The van der Waals surface area contributed by atoms with Crippen LogP contribution in [-0.4, -0.2) is 24.5 Å². The second kappa shape index (κ2) is 6.35. The van der Waals surface area contributed by atoms with Gasteiger partial charge in [-0.3, -0.25) is 0 Å². The van der Waals surface area contributed by atoms with Gasteiger partial charge >= 0.3 is 0 Å². The van der Waals surface area contributed by atoms with Gasteiger partial charge in [0.05, 0.1) is 0 Å². The minimum atomic E-state index is 0.137. The first-order chi connectivity index (χ1) is 8.68. The Labute approximate surface area is 111 Å². The van der Waals surface area contributed by atoms with Gasteiger partial charge in [-0.25, -0.2) is 0 Å². The molecule has 1 fully saturated rings. The molecule has 0 amide bonds. The Morgan fingerprint density at radius 1 is 1.22 bits per heavy atom. The lowest BCUT2D eigenvalue weighted by Gasteiger charge is -2.33. The molecule has 100 valence electrons. The van der Waals surface area contributed by atoms with E-state index in [-0.39, 0.29) is 6.04 Å². The van der Waals surface area contributed by atoms with Crippen molar-refractivity contribution in [3.63, 3.8) is 0 Å². The van der Waals surface area contributed by atoms with Crippen LogP contribution in [0.5, 0.6) is 0 Å². The van der Waals surface area contributed by atoms with Gasteiger partial charge in [0.25, 0.3) is 0 Å². The molecule has 0 aliphatic heterocycles. The summed E-state index contributed by atoms with van der Waals surface area (Å²) in [5.74, 6) is 0. The molecule has 2 heteroatoms. The Morgan fingerprint density at radius 3 is 2.56 bits per heavy atom. The van der Waals surface area contributed by atoms with Crippen molar-refractivity contribution in [2.75, 3.05) is 13.6 Å². The van der Waals surface area contributed by atoms with Crippen molar-refractivity contribution < 1.29 is 0 Å². The Hall–Kier alpha value is -0.860. The van der Waals surface area contributed by atoms with Crippen LogP contribution in [0, 0.1) is 6.92 Å². The molecule has 0 heterocycles. The molecule has 1 atom stereocenters. The van der Waals surface area contributed by atoms with Crippen LogP contribution in [-0.2, 0) is 0 Å². The lowest BCUT2D eigenvalue weighted by Crippen LogP contribution is -2.38. The maximum absolute atomic E-state index is 6.36. The van der Waals surface area contributed by atoms with E-state index < -0.39 is 0 Å². The molecular formula is C16H26N2. The van der Waals surface area contributed by atoms with Crippen LogP contribution >= 0.6 is 0 Å². The Balaban J connectivity index is 1.94. The van der Waals surface area contributed by atoms with E-state index in [0.717, 1.165) is 12.6 Å². The number of nitrogens with two attached hydrogens (primary N) is 1. The van der Waals surface area contributed by atoms with Crippen molar-refractivity contribution in [2.24, 2.45) is 5.73 Å². The highest BCUT2D eigenvalue weighted by Crippen LogP contribution is 2.23. The summed E-state index contributed by atoms with van der Waals surface area (Å²) in [6.45, 7) is 3.12. The van der Waals surface area contributed by atoms with Crippen molar-refractivity contribution in [3.05, 3.63) is 35.4 Å². The lowest BCUT2D eigenvalue weighted by molar-refractivity contribution is 0.182. The van der Waals surface area contributed by atoms with Gasteiger partial charge in [-0.1, -0.05) is 43.5 Å². The first kappa shape index (κ1) is 13.6. The van der Waals surface area contributed by atoms with Gasteiger partial charge in [0.2, 0.25) is 0 Å². The van der Waals surface area contributed by atoms with E-state index in [9.17, 15) is 0 Å². The number of hydrogen-bond donors (Lipinski definition) is 1. The zero-order valence-electron chi connectivity index (χ0n) is 11.7. The summed E-state index contributed by atoms with van der Waals surface area (Å²) >= 11 is 0. The maximum atomic E-state index is 6.36. The highest BCUT2D eigenvalue weighted by atomic mass is 15.1. The molecule has 2 rings (SSSR count). The number of benzene rings is 1. The number of hydrogen-bond acceptors (Lipinski definition) is 2. The van der Waals surface area contributed by atoms with Gasteiger partial charge in [-0.05, 0) is 37.9 Å². The van der Waals surface area contributed by atoms with Gasteiger partial charge in [0.15, 0.2) is 0 Å². The molecule has 2 nitrogen and oxygen atoms in total. The quantitative estimate of drug-likeness (QED) is 0.883. The fourth-order valence-electron chi connectivity index (χ4n) is 3.08. The van der Waals surface area contributed by atoms with Gasteiger partial charge in [-0.15, -0.1) is 0 Å². The average molecular weight is 246 g/mol. The van der Waals surface area contributed by atoms with Gasteiger partial charge in [-0.2, -0.15) is 0 Å². The van der Waals surface area contributed by atoms with Crippen molar-refractivity contribution >= 4 is 0 Å². The second-order valence-electron chi connectivity index (χ2n) is 5.69. The molecular weight excluding hydrogens is 220 g/mol. The van der Waals surface area contributed by atoms with E-state index in [1.165, 1.54) is 43.2 Å². The first-order valence-corrected chi connectivity index (χ1v) is 7.20. The van der Waals surface area contributed by atoms with Gasteiger partial charge in [0.1, 0.15) is 0 Å². The highest BCUT2D eigenvalue weighted by molar-refractivity contribution is 5.28. The fourth-order valence-corrected chi connectivity index (χ4v) is 3.08. The second-order valence-corrected chi connectivity index (χ2v) is 5.69. The van der Waals surface area contributed by atoms with Gasteiger partial charge in [0, 0.05) is 18.6 Å². The summed E-state index contributed by atoms with van der Waals surface area (Å²) in [6.07, 6.45) is 6.87. The summed E-state index contributed by atoms with van der Waals surface area (Å²) in [6, 6.07) is 9.36. The average Bonchev–Trinajstić information content (AvgIpc) is 2.40. The molecule has 0 aromatic heterocycles. The summed E-state index contributed by atoms with van der Waals surface area (Å²) < 4.78 is 0. The van der Waals surface area contributed by atoms with Crippen molar-refractivity contribution in [1.82, 2.24) is 4.90 Å². The van der Waals surface area contributed by atoms with E-state index in [1.54, 1.807) is 0 Å². The molecule has 18 heavy (non-hydrogen) atoms.